The Morgan fingerprint density at radius 1 is 1.31 bits per heavy atom. The summed E-state index contributed by atoms with van der Waals surface area (Å²) in [6.07, 6.45) is 8.12. The lowest BCUT2D eigenvalue weighted by Gasteiger charge is -2.45. The molecule has 90 valence electrons. The van der Waals surface area contributed by atoms with E-state index in [1.54, 1.807) is 5.57 Å². The molecule has 0 spiro atoms. The summed E-state index contributed by atoms with van der Waals surface area (Å²) in [7, 11) is 0. The van der Waals surface area contributed by atoms with Crippen LogP contribution >= 0.6 is 0 Å². The monoisotopic (exact) mass is 220 g/mol. The van der Waals surface area contributed by atoms with Gasteiger partial charge in [-0.3, -0.25) is 0 Å². The molecule has 0 aromatic rings. The summed E-state index contributed by atoms with van der Waals surface area (Å²) in [6.45, 7) is 8.09. The van der Waals surface area contributed by atoms with Gasteiger partial charge in [-0.1, -0.05) is 25.0 Å². The number of ether oxygens (including phenoxy) is 1. The normalized spacial score (nSPS) is 51.8. The van der Waals surface area contributed by atoms with E-state index >= 15 is 0 Å². The average molecular weight is 220 g/mol. The molecule has 0 aromatic carbocycles. The van der Waals surface area contributed by atoms with Crippen molar-refractivity contribution in [2.45, 2.75) is 52.1 Å². The SMILES string of the molecule is CC1=CC2C(CC1)[C@H](C)CC[C@H]2C1(C)CO1. The van der Waals surface area contributed by atoms with Gasteiger partial charge in [-0.15, -0.1) is 0 Å². The predicted molar refractivity (Wildman–Crippen MR) is 66.2 cm³/mol. The summed E-state index contributed by atoms with van der Waals surface area (Å²) < 4.78 is 5.73. The van der Waals surface area contributed by atoms with E-state index in [2.05, 4.69) is 26.8 Å². The molecule has 1 nitrogen and oxygen atoms in total. The van der Waals surface area contributed by atoms with E-state index < -0.39 is 0 Å². The van der Waals surface area contributed by atoms with Crippen LogP contribution in [0.2, 0.25) is 0 Å². The third-order valence-corrected chi connectivity index (χ3v) is 5.36. The lowest BCUT2D eigenvalue weighted by Crippen LogP contribution is -2.40. The Morgan fingerprint density at radius 3 is 2.75 bits per heavy atom. The lowest BCUT2D eigenvalue weighted by molar-refractivity contribution is 0.0637. The smallest absolute Gasteiger partial charge is 0.0922 e. The van der Waals surface area contributed by atoms with E-state index in [0.717, 1.165) is 30.3 Å². The van der Waals surface area contributed by atoms with Crippen LogP contribution in [-0.4, -0.2) is 12.2 Å². The molecule has 3 aliphatic rings. The van der Waals surface area contributed by atoms with Gasteiger partial charge < -0.3 is 4.74 Å². The zero-order chi connectivity index (χ0) is 11.3. The van der Waals surface area contributed by atoms with Crippen molar-refractivity contribution >= 4 is 0 Å². The minimum absolute atomic E-state index is 0.233. The Labute approximate surface area is 99.3 Å². The van der Waals surface area contributed by atoms with E-state index in [9.17, 15) is 0 Å². The van der Waals surface area contributed by atoms with Crippen LogP contribution < -0.4 is 0 Å². The summed E-state index contributed by atoms with van der Waals surface area (Å²) in [5.41, 5.74) is 1.85. The first-order chi connectivity index (χ1) is 7.60. The topological polar surface area (TPSA) is 12.5 Å². The Balaban J connectivity index is 1.87. The van der Waals surface area contributed by atoms with Crippen LogP contribution in [-0.2, 0) is 4.74 Å². The summed E-state index contributed by atoms with van der Waals surface area (Å²) in [5, 5.41) is 0. The highest BCUT2D eigenvalue weighted by Crippen LogP contribution is 2.53. The summed E-state index contributed by atoms with van der Waals surface area (Å²) in [4.78, 5) is 0. The molecule has 1 heterocycles. The van der Waals surface area contributed by atoms with Crippen molar-refractivity contribution in [2.24, 2.45) is 23.7 Å². The molecule has 1 aliphatic heterocycles. The van der Waals surface area contributed by atoms with Crippen LogP contribution in [0.25, 0.3) is 0 Å². The van der Waals surface area contributed by atoms with Gasteiger partial charge >= 0.3 is 0 Å². The Kier molecular flexibility index (Phi) is 2.43. The van der Waals surface area contributed by atoms with E-state index in [1.165, 1.54) is 25.7 Å². The van der Waals surface area contributed by atoms with Gasteiger partial charge in [0.15, 0.2) is 0 Å². The molecule has 0 bridgehead atoms. The first kappa shape index (κ1) is 10.8. The molecular weight excluding hydrogens is 196 g/mol. The fourth-order valence-electron chi connectivity index (χ4n) is 4.09. The highest BCUT2D eigenvalue weighted by atomic mass is 16.6. The molecule has 0 amide bonds. The molecule has 1 saturated carbocycles. The third-order valence-electron chi connectivity index (χ3n) is 5.36. The van der Waals surface area contributed by atoms with Crippen LogP contribution in [0.3, 0.4) is 0 Å². The zero-order valence-electron chi connectivity index (χ0n) is 10.8. The maximum absolute atomic E-state index is 5.73. The van der Waals surface area contributed by atoms with Gasteiger partial charge in [0.1, 0.15) is 0 Å². The number of rotatable bonds is 1. The number of fused-ring (bicyclic) bond motifs is 1. The third kappa shape index (κ3) is 1.64. The van der Waals surface area contributed by atoms with Crippen LogP contribution in [0.5, 0.6) is 0 Å². The second kappa shape index (κ2) is 3.60. The minimum atomic E-state index is 0.233. The molecular formula is C15H24O. The zero-order valence-corrected chi connectivity index (χ0v) is 10.8. The van der Waals surface area contributed by atoms with Gasteiger partial charge in [0.25, 0.3) is 0 Å². The molecule has 5 atom stereocenters. The number of epoxide rings is 1. The summed E-state index contributed by atoms with van der Waals surface area (Å²) in [5.74, 6) is 3.46. The van der Waals surface area contributed by atoms with Crippen molar-refractivity contribution in [1.82, 2.24) is 0 Å². The average Bonchev–Trinajstić information content (AvgIpc) is 2.97. The molecule has 0 radical (unpaired) electrons. The Hall–Kier alpha value is -0.300. The van der Waals surface area contributed by atoms with E-state index in [0.29, 0.717) is 0 Å². The molecule has 3 unspecified atom stereocenters. The second-order valence-corrected chi connectivity index (χ2v) is 6.56. The first-order valence-electron chi connectivity index (χ1n) is 6.91. The molecule has 1 saturated heterocycles. The van der Waals surface area contributed by atoms with Crippen molar-refractivity contribution in [3.8, 4) is 0 Å². The summed E-state index contributed by atoms with van der Waals surface area (Å²) in [6, 6.07) is 0. The highest BCUT2D eigenvalue weighted by Gasteiger charge is 2.53. The van der Waals surface area contributed by atoms with Crippen molar-refractivity contribution in [1.29, 1.82) is 0 Å². The van der Waals surface area contributed by atoms with Crippen molar-refractivity contribution < 1.29 is 4.74 Å². The fraction of sp³-hybridized carbons (Fsp3) is 0.867. The lowest BCUT2D eigenvalue weighted by atomic mass is 9.60. The Bertz CT molecular complexity index is 313. The first-order valence-corrected chi connectivity index (χ1v) is 6.91. The van der Waals surface area contributed by atoms with Crippen molar-refractivity contribution in [2.75, 3.05) is 6.61 Å². The molecule has 0 aromatic heterocycles. The maximum atomic E-state index is 5.73. The fourth-order valence-corrected chi connectivity index (χ4v) is 4.09. The largest absolute Gasteiger partial charge is 0.370 e. The predicted octanol–water partition coefficient (Wildman–Crippen LogP) is 3.79. The van der Waals surface area contributed by atoms with Gasteiger partial charge in [-0.25, -0.2) is 0 Å². The molecule has 2 aliphatic carbocycles. The second-order valence-electron chi connectivity index (χ2n) is 6.56. The van der Waals surface area contributed by atoms with Gasteiger partial charge in [-0.2, -0.15) is 0 Å². The van der Waals surface area contributed by atoms with Gasteiger partial charge in [0.2, 0.25) is 0 Å². The van der Waals surface area contributed by atoms with E-state index in [1.807, 2.05) is 0 Å². The molecule has 0 N–H and O–H groups in total. The van der Waals surface area contributed by atoms with Crippen molar-refractivity contribution in [3.63, 3.8) is 0 Å². The maximum Gasteiger partial charge on any atom is 0.0922 e. The molecule has 1 heteroatoms. The van der Waals surface area contributed by atoms with E-state index in [-0.39, 0.29) is 5.60 Å². The summed E-state index contributed by atoms with van der Waals surface area (Å²) >= 11 is 0. The molecule has 16 heavy (non-hydrogen) atoms. The number of hydrogen-bond acceptors (Lipinski definition) is 1. The van der Waals surface area contributed by atoms with Crippen LogP contribution in [0, 0.1) is 23.7 Å². The van der Waals surface area contributed by atoms with Gasteiger partial charge in [-0.05, 0) is 56.8 Å². The number of allylic oxidation sites excluding steroid dienone is 2. The number of hydrogen-bond donors (Lipinski definition) is 0. The van der Waals surface area contributed by atoms with Crippen LogP contribution in [0.4, 0.5) is 0 Å². The highest BCUT2D eigenvalue weighted by molar-refractivity contribution is 5.14. The molecule has 2 fully saturated rings. The van der Waals surface area contributed by atoms with E-state index in [4.69, 9.17) is 4.74 Å². The van der Waals surface area contributed by atoms with Crippen LogP contribution in [0.1, 0.15) is 46.5 Å². The van der Waals surface area contributed by atoms with Crippen LogP contribution in [0.15, 0.2) is 11.6 Å². The quantitative estimate of drug-likeness (QED) is 0.484. The molecule has 3 rings (SSSR count). The standard InChI is InChI=1S/C15H24O/c1-10-4-6-12-11(2)5-7-14(13(12)8-10)15(3)9-16-15/h8,11-14H,4-7,9H2,1-3H3/t11-,12?,13?,14-,15?/m1/s1. The van der Waals surface area contributed by atoms with Gasteiger partial charge in [0, 0.05) is 0 Å². The Morgan fingerprint density at radius 2 is 2.06 bits per heavy atom. The van der Waals surface area contributed by atoms with Crippen molar-refractivity contribution in [3.05, 3.63) is 11.6 Å². The minimum Gasteiger partial charge on any atom is -0.370 e. The van der Waals surface area contributed by atoms with Gasteiger partial charge in [0.05, 0.1) is 12.2 Å².